The minimum absolute atomic E-state index is 0.0408. The average molecular weight is 322 g/mol. The minimum atomic E-state index is -0.121. The summed E-state index contributed by atoms with van der Waals surface area (Å²) in [5.74, 6) is 1.70. The predicted molar refractivity (Wildman–Crippen MR) is 92.0 cm³/mol. The molecular formula is C18H14N2O2S. The zero-order valence-corrected chi connectivity index (χ0v) is 13.0. The fourth-order valence-corrected chi connectivity index (χ4v) is 3.56. The number of amidine groups is 1. The van der Waals surface area contributed by atoms with Gasteiger partial charge in [0, 0.05) is 6.21 Å². The first kappa shape index (κ1) is 14.1. The van der Waals surface area contributed by atoms with Crippen molar-refractivity contribution in [2.24, 2.45) is 9.98 Å². The van der Waals surface area contributed by atoms with E-state index in [2.05, 4.69) is 4.99 Å². The Balaban J connectivity index is 1.61. The number of hydrogen-bond acceptors (Lipinski definition) is 5. The maximum absolute atomic E-state index is 5.57. The molecule has 2 atom stereocenters. The molecule has 3 heterocycles. The molecule has 4 rings (SSSR count). The molecule has 0 aliphatic carbocycles. The first-order chi connectivity index (χ1) is 11.4. The van der Waals surface area contributed by atoms with Crippen LogP contribution >= 0.6 is 11.8 Å². The van der Waals surface area contributed by atoms with Crippen LogP contribution in [0, 0.1) is 0 Å². The van der Waals surface area contributed by atoms with Gasteiger partial charge in [-0.15, -0.1) is 0 Å². The number of benzene rings is 1. The fraction of sp³-hybridized carbons (Fsp3) is 0.111. The van der Waals surface area contributed by atoms with E-state index in [4.69, 9.17) is 13.8 Å². The van der Waals surface area contributed by atoms with Crippen LogP contribution in [0.5, 0.6) is 0 Å². The third-order valence-corrected chi connectivity index (χ3v) is 4.72. The van der Waals surface area contributed by atoms with E-state index in [0.717, 1.165) is 22.3 Å². The molecule has 1 aromatic carbocycles. The van der Waals surface area contributed by atoms with Gasteiger partial charge in [-0.1, -0.05) is 42.1 Å². The highest BCUT2D eigenvalue weighted by atomic mass is 32.2. The standard InChI is InChI=1S/C18H14N2O2S/c1-2-6-13(7-3-1)12-19-18-20-16(14-8-4-10-21-14)17(23-18)15-9-5-11-22-15/h1-12,16-17H/t16-,17-/m1/s1. The molecule has 3 aromatic rings. The van der Waals surface area contributed by atoms with Crippen LogP contribution in [-0.2, 0) is 0 Å². The van der Waals surface area contributed by atoms with Gasteiger partial charge in [0.2, 0.25) is 0 Å². The Hall–Kier alpha value is -2.53. The maximum Gasteiger partial charge on any atom is 0.184 e. The van der Waals surface area contributed by atoms with Gasteiger partial charge >= 0.3 is 0 Å². The molecule has 0 fully saturated rings. The van der Waals surface area contributed by atoms with Crippen LogP contribution in [0.2, 0.25) is 0 Å². The summed E-state index contributed by atoms with van der Waals surface area (Å²) in [6.45, 7) is 0. The van der Waals surface area contributed by atoms with Gasteiger partial charge in [0.15, 0.2) is 5.17 Å². The van der Waals surface area contributed by atoms with Crippen LogP contribution in [0.3, 0.4) is 0 Å². The molecule has 1 aliphatic heterocycles. The molecular weight excluding hydrogens is 308 g/mol. The second-order valence-corrected chi connectivity index (χ2v) is 6.20. The number of rotatable bonds is 3. The Kier molecular flexibility index (Phi) is 3.86. The lowest BCUT2D eigenvalue weighted by Gasteiger charge is -2.11. The van der Waals surface area contributed by atoms with Crippen LogP contribution in [-0.4, -0.2) is 11.4 Å². The van der Waals surface area contributed by atoms with E-state index in [-0.39, 0.29) is 11.3 Å². The van der Waals surface area contributed by atoms with Crippen molar-refractivity contribution in [3.05, 3.63) is 84.2 Å². The molecule has 5 heteroatoms. The van der Waals surface area contributed by atoms with E-state index in [1.165, 1.54) is 0 Å². The van der Waals surface area contributed by atoms with Crippen LogP contribution < -0.4 is 0 Å². The van der Waals surface area contributed by atoms with Crippen LogP contribution in [0.1, 0.15) is 28.4 Å². The van der Waals surface area contributed by atoms with Gasteiger partial charge in [-0.2, -0.15) is 0 Å². The van der Waals surface area contributed by atoms with E-state index >= 15 is 0 Å². The molecule has 114 valence electrons. The van der Waals surface area contributed by atoms with Gasteiger partial charge < -0.3 is 8.83 Å². The van der Waals surface area contributed by atoms with Gasteiger partial charge in [0.25, 0.3) is 0 Å². The molecule has 0 saturated heterocycles. The Bertz CT molecular complexity index is 808. The summed E-state index contributed by atoms with van der Waals surface area (Å²) in [5, 5.41) is 0.774. The van der Waals surface area contributed by atoms with Crippen molar-refractivity contribution in [2.75, 3.05) is 0 Å². The Morgan fingerprint density at radius 1 is 0.913 bits per heavy atom. The number of hydrogen-bond donors (Lipinski definition) is 0. The topological polar surface area (TPSA) is 51.0 Å². The summed E-state index contributed by atoms with van der Waals surface area (Å²) >= 11 is 1.59. The summed E-state index contributed by atoms with van der Waals surface area (Å²) < 4.78 is 11.1. The predicted octanol–water partition coefficient (Wildman–Crippen LogP) is 4.88. The van der Waals surface area contributed by atoms with Crippen LogP contribution in [0.15, 0.2) is 85.9 Å². The normalized spacial score (nSPS) is 21.0. The summed E-state index contributed by atoms with van der Waals surface area (Å²) in [6.07, 6.45) is 5.18. The maximum atomic E-state index is 5.57. The van der Waals surface area contributed by atoms with Crippen molar-refractivity contribution in [3.63, 3.8) is 0 Å². The van der Waals surface area contributed by atoms with Crippen molar-refractivity contribution in [1.29, 1.82) is 0 Å². The highest BCUT2D eigenvalue weighted by molar-refractivity contribution is 8.14. The Morgan fingerprint density at radius 2 is 1.65 bits per heavy atom. The first-order valence-corrected chi connectivity index (χ1v) is 8.18. The highest BCUT2D eigenvalue weighted by Gasteiger charge is 2.36. The molecule has 0 spiro atoms. The summed E-state index contributed by atoms with van der Waals surface area (Å²) in [5.41, 5.74) is 1.05. The summed E-state index contributed by atoms with van der Waals surface area (Å²) in [4.78, 5) is 9.23. The third kappa shape index (κ3) is 3.00. The van der Waals surface area contributed by atoms with E-state index in [0.29, 0.717) is 0 Å². The van der Waals surface area contributed by atoms with Gasteiger partial charge in [-0.05, 0) is 29.8 Å². The van der Waals surface area contributed by atoms with Crippen molar-refractivity contribution < 1.29 is 8.83 Å². The Morgan fingerprint density at radius 3 is 2.35 bits per heavy atom. The minimum Gasteiger partial charge on any atom is -0.468 e. The quantitative estimate of drug-likeness (QED) is 0.646. The van der Waals surface area contributed by atoms with Crippen LogP contribution in [0.25, 0.3) is 0 Å². The monoisotopic (exact) mass is 322 g/mol. The van der Waals surface area contributed by atoms with Gasteiger partial charge in [0.05, 0.1) is 12.5 Å². The average Bonchev–Trinajstić information content (AvgIpc) is 3.33. The summed E-state index contributed by atoms with van der Waals surface area (Å²) in [6, 6.07) is 17.5. The first-order valence-electron chi connectivity index (χ1n) is 7.30. The largest absolute Gasteiger partial charge is 0.468 e. The third-order valence-electron chi connectivity index (χ3n) is 3.55. The number of thioether (sulfide) groups is 1. The molecule has 1 aliphatic rings. The highest BCUT2D eigenvalue weighted by Crippen LogP contribution is 2.48. The van der Waals surface area contributed by atoms with E-state index in [1.54, 1.807) is 24.3 Å². The lowest BCUT2D eigenvalue weighted by atomic mass is 10.1. The number of nitrogens with zero attached hydrogens (tertiary/aromatic N) is 2. The molecule has 23 heavy (non-hydrogen) atoms. The van der Waals surface area contributed by atoms with Gasteiger partial charge in [0.1, 0.15) is 22.8 Å². The Labute approximate surface area is 138 Å². The van der Waals surface area contributed by atoms with E-state index in [9.17, 15) is 0 Å². The number of aliphatic imine (C=N–C) groups is 2. The second-order valence-electron chi connectivity index (χ2n) is 5.09. The lowest BCUT2D eigenvalue weighted by Crippen LogP contribution is -1.99. The number of furan rings is 2. The molecule has 0 radical (unpaired) electrons. The van der Waals surface area contributed by atoms with Crippen LogP contribution in [0.4, 0.5) is 0 Å². The molecule has 2 aromatic heterocycles. The van der Waals surface area contributed by atoms with Crippen molar-refractivity contribution >= 4 is 23.1 Å². The van der Waals surface area contributed by atoms with E-state index < -0.39 is 0 Å². The zero-order valence-electron chi connectivity index (χ0n) is 12.2. The second kappa shape index (κ2) is 6.30. The van der Waals surface area contributed by atoms with Crippen molar-refractivity contribution in [3.8, 4) is 0 Å². The smallest absolute Gasteiger partial charge is 0.184 e. The molecule has 0 amide bonds. The summed E-state index contributed by atoms with van der Waals surface area (Å²) in [7, 11) is 0. The van der Waals surface area contributed by atoms with Crippen molar-refractivity contribution in [1.82, 2.24) is 0 Å². The molecule has 0 unspecified atom stereocenters. The molecule has 0 saturated carbocycles. The lowest BCUT2D eigenvalue weighted by molar-refractivity contribution is 0.432. The van der Waals surface area contributed by atoms with Crippen molar-refractivity contribution in [2.45, 2.75) is 11.3 Å². The van der Waals surface area contributed by atoms with Gasteiger partial charge in [-0.25, -0.2) is 9.98 Å². The fourth-order valence-electron chi connectivity index (χ4n) is 2.47. The van der Waals surface area contributed by atoms with Gasteiger partial charge in [-0.3, -0.25) is 0 Å². The molecule has 4 nitrogen and oxygen atoms in total. The van der Waals surface area contributed by atoms with E-state index in [1.807, 2.05) is 60.8 Å². The zero-order chi connectivity index (χ0) is 15.5. The molecule has 0 bridgehead atoms. The SMILES string of the molecule is C(=NC1=N[C@H](c2ccco2)[C@@H](c2ccco2)S1)c1ccccc1. The molecule has 0 N–H and O–H groups in total.